The smallest absolute Gasteiger partial charge is 0.434 e. The molecule has 248 valence electrons. The minimum atomic E-state index is -0.438. The number of unbranched alkanes of at least 4 members (excludes halogenated alkanes) is 9. The van der Waals surface area contributed by atoms with E-state index in [0.29, 0.717) is 17.4 Å². The number of allylic oxidation sites excluding steroid dienone is 1. The Balaban J connectivity index is 1.19. The average molecular weight is 599 g/mol. The highest BCUT2D eigenvalue weighted by atomic mass is 16.7. The van der Waals surface area contributed by atoms with E-state index in [1.807, 2.05) is 0 Å². The van der Waals surface area contributed by atoms with Gasteiger partial charge in [0, 0.05) is 6.42 Å². The lowest BCUT2D eigenvalue weighted by Gasteiger charge is -2.58. The van der Waals surface area contributed by atoms with Crippen LogP contribution in [-0.4, -0.2) is 18.9 Å². The van der Waals surface area contributed by atoms with Crippen molar-refractivity contribution in [3.05, 3.63) is 11.6 Å². The summed E-state index contributed by atoms with van der Waals surface area (Å²) in [5.74, 6) is 5.17. The molecule has 4 aliphatic carbocycles. The number of ether oxygens (including phenoxy) is 2. The third-order valence-electron chi connectivity index (χ3n) is 13.2. The van der Waals surface area contributed by atoms with Gasteiger partial charge in [0.05, 0.1) is 6.61 Å². The second-order valence-corrected chi connectivity index (χ2v) is 16.6. The van der Waals surface area contributed by atoms with Crippen molar-refractivity contribution in [2.24, 2.45) is 46.3 Å². The van der Waals surface area contributed by atoms with E-state index >= 15 is 0 Å². The molecule has 3 saturated carbocycles. The van der Waals surface area contributed by atoms with E-state index in [0.717, 1.165) is 67.6 Å². The van der Waals surface area contributed by atoms with Crippen LogP contribution in [0.4, 0.5) is 4.79 Å². The Kier molecular flexibility index (Phi) is 13.4. The molecule has 0 bridgehead atoms. The molecule has 3 fully saturated rings. The summed E-state index contributed by atoms with van der Waals surface area (Å²) in [5, 5.41) is 0. The number of hydrogen-bond donors (Lipinski definition) is 0. The van der Waals surface area contributed by atoms with Crippen LogP contribution in [0.2, 0.25) is 0 Å². The molecule has 4 aliphatic rings. The summed E-state index contributed by atoms with van der Waals surface area (Å²) in [6.07, 6.45) is 29.3. The first-order valence-electron chi connectivity index (χ1n) is 19.2. The summed E-state index contributed by atoms with van der Waals surface area (Å²) < 4.78 is 11.4. The van der Waals surface area contributed by atoms with Crippen LogP contribution in [0.5, 0.6) is 0 Å². The summed E-state index contributed by atoms with van der Waals surface area (Å²) in [6, 6.07) is 0. The van der Waals surface area contributed by atoms with Gasteiger partial charge in [0.2, 0.25) is 0 Å². The lowest BCUT2D eigenvalue weighted by Crippen LogP contribution is -2.51. The molecule has 0 N–H and O–H groups in total. The van der Waals surface area contributed by atoms with E-state index in [9.17, 15) is 4.79 Å². The molecule has 0 heterocycles. The molecule has 0 amide bonds. The Morgan fingerprint density at radius 1 is 0.837 bits per heavy atom. The van der Waals surface area contributed by atoms with Crippen molar-refractivity contribution >= 4 is 6.16 Å². The maximum atomic E-state index is 12.5. The normalized spacial score (nSPS) is 34.2. The van der Waals surface area contributed by atoms with Crippen molar-refractivity contribution in [1.29, 1.82) is 0 Å². The first-order valence-corrected chi connectivity index (χ1v) is 19.2. The van der Waals surface area contributed by atoms with Crippen molar-refractivity contribution < 1.29 is 14.3 Å². The van der Waals surface area contributed by atoms with Crippen LogP contribution in [0.3, 0.4) is 0 Å². The molecule has 4 rings (SSSR count). The molecule has 1 unspecified atom stereocenters. The van der Waals surface area contributed by atoms with Gasteiger partial charge in [-0.15, -0.1) is 0 Å². The highest BCUT2D eigenvalue weighted by Gasteiger charge is 2.59. The first-order chi connectivity index (χ1) is 20.7. The molecule has 3 heteroatoms. The first kappa shape index (κ1) is 34.9. The van der Waals surface area contributed by atoms with Crippen molar-refractivity contribution in [3.63, 3.8) is 0 Å². The second kappa shape index (κ2) is 16.5. The summed E-state index contributed by atoms with van der Waals surface area (Å²) in [4.78, 5) is 12.5. The molecule has 0 radical (unpaired) electrons. The van der Waals surface area contributed by atoms with Crippen molar-refractivity contribution in [2.75, 3.05) is 6.61 Å². The van der Waals surface area contributed by atoms with E-state index < -0.39 is 6.16 Å². The number of carbonyl (C=O) groups excluding carboxylic acids is 1. The topological polar surface area (TPSA) is 35.5 Å². The highest BCUT2D eigenvalue weighted by Crippen LogP contribution is 2.67. The van der Waals surface area contributed by atoms with Gasteiger partial charge in [0.25, 0.3) is 0 Å². The Morgan fingerprint density at radius 2 is 1.53 bits per heavy atom. The Hall–Kier alpha value is -0.990. The summed E-state index contributed by atoms with van der Waals surface area (Å²) in [7, 11) is 0. The van der Waals surface area contributed by atoms with Crippen LogP contribution in [0.15, 0.2) is 11.6 Å². The molecule has 0 saturated heterocycles. The van der Waals surface area contributed by atoms with Crippen LogP contribution in [-0.2, 0) is 9.47 Å². The summed E-state index contributed by atoms with van der Waals surface area (Å²) >= 11 is 0. The average Bonchev–Trinajstić information content (AvgIpc) is 3.33. The van der Waals surface area contributed by atoms with E-state index in [4.69, 9.17) is 9.47 Å². The summed E-state index contributed by atoms with van der Waals surface area (Å²) in [6.45, 7) is 15.4. The molecule has 0 spiro atoms. The SMILES string of the molecule is CCCCCCCCCCCCOC(=O)O[C@H]1CC[C@@]2(C)C(=CC[C@H]3[C@@H]4CC[C@H](C(C)CCCC(C)C)[C@@]4(C)CC[C@@H]32)C1. The molecule has 0 aliphatic heterocycles. The zero-order chi connectivity index (χ0) is 30.9. The van der Waals surface area contributed by atoms with Crippen LogP contribution < -0.4 is 0 Å². The molecular formula is C40H70O3. The third kappa shape index (κ3) is 8.84. The molecule has 3 nitrogen and oxygen atoms in total. The number of hydrogen-bond acceptors (Lipinski definition) is 3. The Bertz CT molecular complexity index is 877. The van der Waals surface area contributed by atoms with Gasteiger partial charge in [0.1, 0.15) is 6.10 Å². The third-order valence-corrected chi connectivity index (χ3v) is 13.2. The van der Waals surface area contributed by atoms with Gasteiger partial charge in [-0.3, -0.25) is 0 Å². The van der Waals surface area contributed by atoms with Crippen LogP contribution in [0.1, 0.15) is 176 Å². The lowest BCUT2D eigenvalue weighted by molar-refractivity contribution is -0.0617. The fourth-order valence-corrected chi connectivity index (χ4v) is 10.7. The van der Waals surface area contributed by atoms with Crippen molar-refractivity contribution in [2.45, 2.75) is 182 Å². The van der Waals surface area contributed by atoms with Crippen LogP contribution >= 0.6 is 0 Å². The van der Waals surface area contributed by atoms with Crippen LogP contribution in [0.25, 0.3) is 0 Å². The second-order valence-electron chi connectivity index (χ2n) is 16.6. The van der Waals surface area contributed by atoms with E-state index in [2.05, 4.69) is 47.6 Å². The predicted octanol–water partition coefficient (Wildman–Crippen LogP) is 12.5. The van der Waals surface area contributed by atoms with Gasteiger partial charge in [-0.1, -0.05) is 130 Å². The quantitative estimate of drug-likeness (QED) is 0.0949. The predicted molar refractivity (Wildman–Crippen MR) is 181 cm³/mol. The van der Waals surface area contributed by atoms with E-state index in [-0.39, 0.29) is 6.10 Å². The largest absolute Gasteiger partial charge is 0.508 e. The Labute approximate surface area is 267 Å². The molecule has 8 atom stereocenters. The van der Waals surface area contributed by atoms with Gasteiger partial charge in [0.15, 0.2) is 0 Å². The zero-order valence-electron chi connectivity index (χ0n) is 29.4. The molecular weight excluding hydrogens is 528 g/mol. The standard InChI is InChI=1S/C40H70O3/c1-7-8-9-10-11-12-13-14-15-16-28-42-38(41)43-33-24-26-39(5)32(29-33)20-21-34-36-23-22-35(31(4)19-17-18-30(2)3)40(36,6)27-25-37(34)39/h20,30-31,33-37H,7-19,21-29H2,1-6H3/t31?,33-,34-,35+,36-,37-,39-,40+/m0/s1. The monoisotopic (exact) mass is 599 g/mol. The van der Waals surface area contributed by atoms with E-state index in [1.54, 1.807) is 5.57 Å². The van der Waals surface area contributed by atoms with Gasteiger partial charge in [-0.05, 0) is 97.7 Å². The van der Waals surface area contributed by atoms with Gasteiger partial charge < -0.3 is 9.47 Å². The number of carbonyl (C=O) groups is 1. The zero-order valence-corrected chi connectivity index (χ0v) is 29.4. The van der Waals surface area contributed by atoms with Crippen molar-refractivity contribution in [1.82, 2.24) is 0 Å². The number of fused-ring (bicyclic) bond motifs is 5. The fraction of sp³-hybridized carbons (Fsp3) is 0.925. The van der Waals surface area contributed by atoms with E-state index in [1.165, 1.54) is 103 Å². The highest BCUT2D eigenvalue weighted by molar-refractivity contribution is 5.60. The minimum absolute atomic E-state index is 0.00695. The molecule has 0 aromatic carbocycles. The maximum absolute atomic E-state index is 12.5. The molecule has 0 aromatic heterocycles. The van der Waals surface area contributed by atoms with Gasteiger partial charge in [-0.25, -0.2) is 4.79 Å². The molecule has 0 aromatic rings. The number of rotatable bonds is 17. The maximum Gasteiger partial charge on any atom is 0.508 e. The Morgan fingerprint density at radius 3 is 2.23 bits per heavy atom. The van der Waals surface area contributed by atoms with Gasteiger partial charge in [-0.2, -0.15) is 0 Å². The van der Waals surface area contributed by atoms with Crippen molar-refractivity contribution in [3.8, 4) is 0 Å². The van der Waals surface area contributed by atoms with Gasteiger partial charge >= 0.3 is 6.16 Å². The molecule has 43 heavy (non-hydrogen) atoms. The summed E-state index contributed by atoms with van der Waals surface area (Å²) in [5.41, 5.74) is 2.43. The fourth-order valence-electron chi connectivity index (χ4n) is 10.7. The van der Waals surface area contributed by atoms with Crippen LogP contribution in [0, 0.1) is 46.3 Å². The lowest BCUT2D eigenvalue weighted by atomic mass is 9.47. The minimum Gasteiger partial charge on any atom is -0.434 e.